The van der Waals surface area contributed by atoms with Crippen LogP contribution in [0.15, 0.2) is 48.5 Å². The molecular formula is C27H37N3O4S. The van der Waals surface area contributed by atoms with Crippen LogP contribution in [0.4, 0.5) is 4.79 Å². The number of carbonyl (C=O) groups is 3. The van der Waals surface area contributed by atoms with Crippen LogP contribution in [0, 0.1) is 13.8 Å². The van der Waals surface area contributed by atoms with Gasteiger partial charge in [0.15, 0.2) is 0 Å². The van der Waals surface area contributed by atoms with E-state index < -0.39 is 29.7 Å². The second-order valence-electron chi connectivity index (χ2n) is 9.47. The number of nitrogens with zero attached hydrogens (tertiary/aromatic N) is 1. The molecule has 0 aliphatic heterocycles. The number of rotatable bonds is 9. The molecule has 0 heterocycles. The molecule has 0 aliphatic rings. The Morgan fingerprint density at radius 2 is 1.71 bits per heavy atom. The average Bonchev–Trinajstić information content (AvgIpc) is 2.79. The van der Waals surface area contributed by atoms with E-state index in [0.29, 0.717) is 6.54 Å². The fourth-order valence-electron chi connectivity index (χ4n) is 3.77. The number of ether oxygens (including phenoxy) is 1. The van der Waals surface area contributed by atoms with Crippen LogP contribution >= 0.6 is 12.6 Å². The largest absolute Gasteiger partial charge is 0.444 e. The molecule has 0 bridgehead atoms. The molecule has 2 rings (SSSR count). The van der Waals surface area contributed by atoms with E-state index in [1.165, 1.54) is 4.90 Å². The summed E-state index contributed by atoms with van der Waals surface area (Å²) in [5.41, 5.74) is 2.93. The summed E-state index contributed by atoms with van der Waals surface area (Å²) in [5, 5.41) is 5.58. The molecule has 2 atom stereocenters. The van der Waals surface area contributed by atoms with E-state index in [2.05, 4.69) is 23.3 Å². The van der Waals surface area contributed by atoms with Crippen molar-refractivity contribution >= 4 is 30.5 Å². The molecule has 0 spiro atoms. The number of thiol groups is 1. The molecule has 0 saturated heterocycles. The molecule has 8 heteroatoms. The quantitative estimate of drug-likeness (QED) is 0.448. The van der Waals surface area contributed by atoms with Crippen molar-refractivity contribution in [2.45, 2.75) is 65.8 Å². The first-order chi connectivity index (χ1) is 16.5. The number of hydrogen-bond acceptors (Lipinski definition) is 5. The monoisotopic (exact) mass is 499 g/mol. The Labute approximate surface area is 214 Å². The minimum atomic E-state index is -0.955. The fraction of sp³-hybridized carbons (Fsp3) is 0.444. The Morgan fingerprint density at radius 1 is 1.06 bits per heavy atom. The van der Waals surface area contributed by atoms with Crippen molar-refractivity contribution in [2.75, 3.05) is 12.3 Å². The predicted octanol–water partition coefficient (Wildman–Crippen LogP) is 4.33. The van der Waals surface area contributed by atoms with Gasteiger partial charge in [-0.3, -0.25) is 9.59 Å². The number of aryl methyl sites for hydroxylation is 2. The average molecular weight is 500 g/mol. The van der Waals surface area contributed by atoms with Gasteiger partial charge in [0.25, 0.3) is 0 Å². The lowest BCUT2D eigenvalue weighted by Crippen LogP contribution is -2.53. The summed E-state index contributed by atoms with van der Waals surface area (Å²) in [4.78, 5) is 41.0. The molecule has 0 fully saturated rings. The van der Waals surface area contributed by atoms with Crippen LogP contribution in [0.5, 0.6) is 0 Å². The number of nitrogens with one attached hydrogen (secondary N) is 2. The molecule has 2 N–H and O–H groups in total. The summed E-state index contributed by atoms with van der Waals surface area (Å²) in [6.07, 6.45) is -0.711. The van der Waals surface area contributed by atoms with E-state index in [1.807, 2.05) is 69.3 Å². The van der Waals surface area contributed by atoms with Crippen molar-refractivity contribution in [3.05, 3.63) is 70.8 Å². The number of likely N-dealkylation sites (N-methyl/N-ethyl adjacent to an activating group) is 1. The first-order valence-electron chi connectivity index (χ1n) is 11.8. The zero-order valence-electron chi connectivity index (χ0n) is 21.4. The van der Waals surface area contributed by atoms with Gasteiger partial charge >= 0.3 is 6.09 Å². The van der Waals surface area contributed by atoms with Gasteiger partial charge in [-0.15, -0.1) is 0 Å². The molecular weight excluding hydrogens is 462 g/mol. The SMILES string of the molecule is CCN(C(=O)C(CS)NC(=O)OC(C)(C)C)C(C(=O)NCc1ccccc1)c1ccc(C)cc1C. The predicted molar refractivity (Wildman–Crippen MR) is 141 cm³/mol. The fourth-order valence-corrected chi connectivity index (χ4v) is 4.01. The molecule has 2 aromatic rings. The van der Waals surface area contributed by atoms with Gasteiger partial charge in [-0.05, 0) is 58.2 Å². The smallest absolute Gasteiger partial charge is 0.408 e. The van der Waals surface area contributed by atoms with Gasteiger partial charge in [0.05, 0.1) is 0 Å². The normalized spacial score (nSPS) is 12.9. The molecule has 190 valence electrons. The molecule has 2 aromatic carbocycles. The maximum absolute atomic E-state index is 13.6. The van der Waals surface area contributed by atoms with Crippen molar-refractivity contribution in [1.29, 1.82) is 0 Å². The van der Waals surface area contributed by atoms with Crippen LogP contribution in [-0.2, 0) is 20.9 Å². The van der Waals surface area contributed by atoms with Crippen LogP contribution in [-0.4, -0.2) is 46.7 Å². The number of alkyl carbamates (subject to hydrolysis) is 1. The standard InChI is InChI=1S/C27H37N3O4S/c1-7-30(25(32)22(17-35)29-26(33)34-27(4,5)6)23(21-14-13-18(2)15-19(21)3)24(31)28-16-20-11-9-8-10-12-20/h8-15,22-23,35H,7,16-17H2,1-6H3,(H,28,31)(H,29,33). The van der Waals surface area contributed by atoms with Gasteiger partial charge in [-0.2, -0.15) is 12.6 Å². The first kappa shape index (κ1) is 28.2. The summed E-state index contributed by atoms with van der Waals surface area (Å²) >= 11 is 4.29. The van der Waals surface area contributed by atoms with Crippen molar-refractivity contribution in [3.8, 4) is 0 Å². The molecule has 0 saturated carbocycles. The highest BCUT2D eigenvalue weighted by atomic mass is 32.1. The lowest BCUT2D eigenvalue weighted by Gasteiger charge is -2.34. The second-order valence-corrected chi connectivity index (χ2v) is 9.84. The molecule has 3 amide bonds. The van der Waals surface area contributed by atoms with E-state index >= 15 is 0 Å². The molecule has 7 nitrogen and oxygen atoms in total. The van der Waals surface area contributed by atoms with Crippen molar-refractivity contribution in [2.24, 2.45) is 0 Å². The van der Waals surface area contributed by atoms with Crippen LogP contribution in [0.3, 0.4) is 0 Å². The third kappa shape index (κ3) is 8.31. The van der Waals surface area contributed by atoms with Crippen molar-refractivity contribution in [1.82, 2.24) is 15.5 Å². The number of amides is 3. The van der Waals surface area contributed by atoms with E-state index in [0.717, 1.165) is 22.3 Å². The van der Waals surface area contributed by atoms with Crippen molar-refractivity contribution in [3.63, 3.8) is 0 Å². The summed E-state index contributed by atoms with van der Waals surface area (Å²) in [6, 6.07) is 13.5. The maximum Gasteiger partial charge on any atom is 0.408 e. The third-order valence-corrected chi connectivity index (χ3v) is 5.75. The van der Waals surface area contributed by atoms with Crippen LogP contribution in [0.2, 0.25) is 0 Å². The lowest BCUT2D eigenvalue weighted by atomic mass is 9.96. The molecule has 0 radical (unpaired) electrons. The first-order valence-corrected chi connectivity index (χ1v) is 12.4. The van der Waals surface area contributed by atoms with E-state index in [1.54, 1.807) is 20.8 Å². The Morgan fingerprint density at radius 3 is 2.26 bits per heavy atom. The van der Waals surface area contributed by atoms with Gasteiger partial charge in [0, 0.05) is 18.8 Å². The molecule has 2 unspecified atom stereocenters. The van der Waals surface area contributed by atoms with Crippen LogP contribution < -0.4 is 10.6 Å². The minimum Gasteiger partial charge on any atom is -0.444 e. The molecule has 0 aromatic heterocycles. The number of carbonyl (C=O) groups excluding carboxylic acids is 3. The zero-order chi connectivity index (χ0) is 26.2. The Balaban J connectivity index is 2.36. The van der Waals surface area contributed by atoms with E-state index in [-0.39, 0.29) is 18.2 Å². The highest BCUT2D eigenvalue weighted by Gasteiger charge is 2.35. The Bertz CT molecular complexity index is 1020. The zero-order valence-corrected chi connectivity index (χ0v) is 22.3. The molecule has 35 heavy (non-hydrogen) atoms. The second kappa shape index (κ2) is 12.6. The summed E-state index contributed by atoms with van der Waals surface area (Å²) < 4.78 is 5.31. The van der Waals surface area contributed by atoms with Crippen molar-refractivity contribution < 1.29 is 19.1 Å². The van der Waals surface area contributed by atoms with E-state index in [4.69, 9.17) is 4.74 Å². The highest BCUT2D eigenvalue weighted by Crippen LogP contribution is 2.26. The lowest BCUT2D eigenvalue weighted by molar-refractivity contribution is -0.141. The molecule has 0 aliphatic carbocycles. The number of hydrogen-bond donors (Lipinski definition) is 3. The van der Waals surface area contributed by atoms with Gasteiger partial charge in [0.1, 0.15) is 17.7 Å². The van der Waals surface area contributed by atoms with Gasteiger partial charge in [-0.25, -0.2) is 4.79 Å². The summed E-state index contributed by atoms with van der Waals surface area (Å²) in [5.74, 6) is -0.654. The number of benzene rings is 2. The Hall–Kier alpha value is -3.00. The summed E-state index contributed by atoms with van der Waals surface area (Å²) in [7, 11) is 0. The van der Waals surface area contributed by atoms with Crippen LogP contribution in [0.25, 0.3) is 0 Å². The van der Waals surface area contributed by atoms with Gasteiger partial charge in [-0.1, -0.05) is 54.1 Å². The minimum absolute atomic E-state index is 0.0554. The van der Waals surface area contributed by atoms with Crippen LogP contribution in [0.1, 0.15) is 56.0 Å². The summed E-state index contributed by atoms with van der Waals surface area (Å²) in [6.45, 7) is 11.5. The van der Waals surface area contributed by atoms with Gasteiger partial charge < -0.3 is 20.3 Å². The van der Waals surface area contributed by atoms with E-state index in [9.17, 15) is 14.4 Å². The highest BCUT2D eigenvalue weighted by molar-refractivity contribution is 7.80. The van der Waals surface area contributed by atoms with Gasteiger partial charge in [0.2, 0.25) is 11.8 Å². The maximum atomic E-state index is 13.6. The third-order valence-electron chi connectivity index (χ3n) is 5.38. The Kier molecular flexibility index (Phi) is 10.2. The topological polar surface area (TPSA) is 87.7 Å².